The second-order valence-corrected chi connectivity index (χ2v) is 6.58. The minimum atomic E-state index is 0. The van der Waals surface area contributed by atoms with Gasteiger partial charge in [0.25, 0.3) is 0 Å². The molecule has 2 aliphatic heterocycles. The molecule has 2 aliphatic rings. The van der Waals surface area contributed by atoms with Crippen LogP contribution in [0.2, 0.25) is 0 Å². The van der Waals surface area contributed by atoms with E-state index in [4.69, 9.17) is 0 Å². The van der Waals surface area contributed by atoms with E-state index in [1.165, 1.54) is 5.69 Å². The Morgan fingerprint density at radius 2 is 1.91 bits per heavy atom. The number of nitrogens with zero attached hydrogens (tertiary/aromatic N) is 2. The van der Waals surface area contributed by atoms with Crippen LogP contribution < -0.4 is 10.2 Å². The molecule has 1 amide bonds. The quantitative estimate of drug-likeness (QED) is 0.900. The molecule has 2 fully saturated rings. The zero-order valence-corrected chi connectivity index (χ0v) is 14.7. The third-order valence-corrected chi connectivity index (χ3v) is 4.90. The molecule has 3 rings (SSSR count). The van der Waals surface area contributed by atoms with E-state index in [0.29, 0.717) is 11.9 Å². The highest BCUT2D eigenvalue weighted by molar-refractivity contribution is 5.85. The third-order valence-electron chi connectivity index (χ3n) is 4.90. The normalized spacial score (nSPS) is 25.4. The summed E-state index contributed by atoms with van der Waals surface area (Å²) >= 11 is 0. The lowest BCUT2D eigenvalue weighted by Crippen LogP contribution is -2.45. The average molecular weight is 338 g/mol. The molecule has 0 aliphatic carbocycles. The summed E-state index contributed by atoms with van der Waals surface area (Å²) in [6.07, 6.45) is 3.03. The van der Waals surface area contributed by atoms with E-state index in [1.54, 1.807) is 0 Å². The number of hydrogen-bond donors (Lipinski definition) is 1. The van der Waals surface area contributed by atoms with Crippen LogP contribution in [0.5, 0.6) is 0 Å². The predicted molar refractivity (Wildman–Crippen MR) is 97.3 cm³/mol. The van der Waals surface area contributed by atoms with Crippen molar-refractivity contribution in [1.82, 2.24) is 10.2 Å². The van der Waals surface area contributed by atoms with Crippen LogP contribution in [0.1, 0.15) is 26.2 Å². The van der Waals surface area contributed by atoms with Crippen molar-refractivity contribution in [1.29, 1.82) is 0 Å². The zero-order valence-electron chi connectivity index (χ0n) is 13.9. The Kier molecular flexibility index (Phi) is 6.72. The van der Waals surface area contributed by atoms with Crippen LogP contribution in [0.15, 0.2) is 30.3 Å². The Morgan fingerprint density at radius 3 is 2.65 bits per heavy atom. The van der Waals surface area contributed by atoms with Crippen LogP contribution in [0.25, 0.3) is 0 Å². The van der Waals surface area contributed by atoms with Gasteiger partial charge in [0.05, 0.1) is 0 Å². The smallest absolute Gasteiger partial charge is 0.225 e. The number of hydrogen-bond acceptors (Lipinski definition) is 3. The van der Waals surface area contributed by atoms with Crippen LogP contribution in [0.3, 0.4) is 0 Å². The predicted octanol–water partition coefficient (Wildman–Crippen LogP) is 2.54. The Hall–Kier alpha value is -1.26. The first kappa shape index (κ1) is 18.1. The van der Waals surface area contributed by atoms with Gasteiger partial charge in [0.15, 0.2) is 0 Å². The summed E-state index contributed by atoms with van der Waals surface area (Å²) in [4.78, 5) is 17.3. The Morgan fingerprint density at radius 1 is 1.13 bits per heavy atom. The lowest BCUT2D eigenvalue weighted by Gasteiger charge is -2.31. The van der Waals surface area contributed by atoms with Crippen molar-refractivity contribution in [3.8, 4) is 0 Å². The first-order chi connectivity index (χ1) is 10.7. The second-order valence-electron chi connectivity index (χ2n) is 6.58. The van der Waals surface area contributed by atoms with Gasteiger partial charge in [-0.05, 0) is 44.9 Å². The fourth-order valence-electron chi connectivity index (χ4n) is 3.65. The third kappa shape index (κ3) is 4.61. The van der Waals surface area contributed by atoms with Crippen LogP contribution in [0.4, 0.5) is 5.69 Å². The van der Waals surface area contributed by atoms with Gasteiger partial charge in [-0.2, -0.15) is 0 Å². The van der Waals surface area contributed by atoms with Crippen molar-refractivity contribution >= 4 is 24.0 Å². The van der Waals surface area contributed by atoms with Gasteiger partial charge >= 0.3 is 0 Å². The number of benzene rings is 1. The largest absolute Gasteiger partial charge is 0.370 e. The number of amides is 1. The van der Waals surface area contributed by atoms with Crippen molar-refractivity contribution in [3.63, 3.8) is 0 Å². The lowest BCUT2D eigenvalue weighted by molar-refractivity contribution is -0.136. The molecule has 0 aromatic heterocycles. The monoisotopic (exact) mass is 337 g/mol. The number of halogens is 1. The molecule has 0 bridgehead atoms. The molecule has 23 heavy (non-hydrogen) atoms. The minimum Gasteiger partial charge on any atom is -0.370 e. The van der Waals surface area contributed by atoms with Crippen molar-refractivity contribution in [2.45, 2.75) is 32.2 Å². The standard InChI is InChI=1S/C18H27N3O.ClH/c1-15-14-16(8-9-19-15)18(22)21-11-5-10-20(12-13-21)17-6-3-2-4-7-17;/h2-4,6-7,15-16,19H,5,8-14H2,1H3;1H/t15-,16-;/m0./s1. The summed E-state index contributed by atoms with van der Waals surface area (Å²) in [6.45, 7) is 6.89. The van der Waals surface area contributed by atoms with E-state index in [9.17, 15) is 4.79 Å². The first-order valence-electron chi connectivity index (χ1n) is 8.56. The summed E-state index contributed by atoms with van der Waals surface area (Å²) in [5, 5.41) is 3.43. The number of carbonyl (C=O) groups is 1. The maximum absolute atomic E-state index is 12.8. The summed E-state index contributed by atoms with van der Waals surface area (Å²) in [6, 6.07) is 11.0. The van der Waals surface area contributed by atoms with E-state index < -0.39 is 0 Å². The number of carbonyl (C=O) groups excluding carboxylic acids is 1. The fraction of sp³-hybridized carbons (Fsp3) is 0.611. The first-order valence-corrected chi connectivity index (χ1v) is 8.56. The van der Waals surface area contributed by atoms with Gasteiger partial charge in [0, 0.05) is 43.8 Å². The summed E-state index contributed by atoms with van der Waals surface area (Å²) in [7, 11) is 0. The van der Waals surface area contributed by atoms with Gasteiger partial charge < -0.3 is 15.1 Å². The van der Waals surface area contributed by atoms with Crippen molar-refractivity contribution in [2.24, 2.45) is 5.92 Å². The highest BCUT2D eigenvalue weighted by atomic mass is 35.5. The average Bonchev–Trinajstić information content (AvgIpc) is 2.81. The van der Waals surface area contributed by atoms with Crippen molar-refractivity contribution < 1.29 is 4.79 Å². The Bertz CT molecular complexity index is 496. The maximum Gasteiger partial charge on any atom is 0.225 e. The maximum atomic E-state index is 12.8. The van der Waals surface area contributed by atoms with E-state index in [0.717, 1.165) is 52.0 Å². The molecule has 0 unspecified atom stereocenters. The van der Waals surface area contributed by atoms with Crippen molar-refractivity contribution in [2.75, 3.05) is 37.6 Å². The summed E-state index contributed by atoms with van der Waals surface area (Å²) in [5.74, 6) is 0.600. The molecule has 5 heteroatoms. The fourth-order valence-corrected chi connectivity index (χ4v) is 3.65. The van der Waals surface area contributed by atoms with E-state index in [2.05, 4.69) is 52.4 Å². The number of para-hydroxylation sites is 1. The second kappa shape index (κ2) is 8.55. The molecule has 128 valence electrons. The number of nitrogens with one attached hydrogen (secondary N) is 1. The topological polar surface area (TPSA) is 35.6 Å². The highest BCUT2D eigenvalue weighted by Crippen LogP contribution is 2.21. The van der Waals surface area contributed by atoms with Crippen LogP contribution in [-0.2, 0) is 4.79 Å². The molecule has 1 N–H and O–H groups in total. The van der Waals surface area contributed by atoms with Crippen LogP contribution in [-0.4, -0.2) is 49.6 Å². The van der Waals surface area contributed by atoms with Gasteiger partial charge in [0.2, 0.25) is 5.91 Å². The molecule has 2 atom stereocenters. The van der Waals surface area contributed by atoms with Gasteiger partial charge in [-0.25, -0.2) is 0 Å². The van der Waals surface area contributed by atoms with E-state index >= 15 is 0 Å². The van der Waals surface area contributed by atoms with Gasteiger partial charge in [-0.3, -0.25) is 4.79 Å². The SMILES string of the molecule is C[C@H]1C[C@@H](C(=O)N2CCCN(c3ccccc3)CC2)CCN1.Cl. The van der Waals surface area contributed by atoms with Gasteiger partial charge in [0.1, 0.15) is 0 Å². The molecule has 1 aromatic carbocycles. The lowest BCUT2D eigenvalue weighted by atomic mass is 9.92. The highest BCUT2D eigenvalue weighted by Gasteiger charge is 2.29. The molecular formula is C18H28ClN3O. The van der Waals surface area contributed by atoms with Crippen LogP contribution >= 0.6 is 12.4 Å². The number of piperidine rings is 1. The molecule has 2 saturated heterocycles. The Labute approximate surface area is 145 Å². The van der Waals surface area contributed by atoms with E-state index in [1.807, 2.05) is 0 Å². The van der Waals surface area contributed by atoms with Crippen LogP contribution in [0, 0.1) is 5.92 Å². The molecule has 0 saturated carbocycles. The van der Waals surface area contributed by atoms with Gasteiger partial charge in [-0.1, -0.05) is 18.2 Å². The summed E-state index contributed by atoms with van der Waals surface area (Å²) < 4.78 is 0. The minimum absolute atomic E-state index is 0. The molecule has 0 radical (unpaired) electrons. The molecule has 2 heterocycles. The van der Waals surface area contributed by atoms with Crippen molar-refractivity contribution in [3.05, 3.63) is 30.3 Å². The molecular weight excluding hydrogens is 310 g/mol. The molecule has 4 nitrogen and oxygen atoms in total. The van der Waals surface area contributed by atoms with Gasteiger partial charge in [-0.15, -0.1) is 12.4 Å². The zero-order chi connectivity index (χ0) is 15.4. The number of rotatable bonds is 2. The molecule has 1 aromatic rings. The number of anilines is 1. The molecule has 0 spiro atoms. The van der Waals surface area contributed by atoms with E-state index in [-0.39, 0.29) is 18.3 Å². The summed E-state index contributed by atoms with van der Waals surface area (Å²) in [5.41, 5.74) is 1.27. The Balaban J connectivity index is 0.00000192.